The fraction of sp³-hybridized carbons (Fsp3) is 0.562. The van der Waals surface area contributed by atoms with E-state index in [1.807, 2.05) is 45.0 Å². The highest BCUT2D eigenvalue weighted by Crippen LogP contribution is 2.20. The molecule has 0 radical (unpaired) electrons. The van der Waals surface area contributed by atoms with E-state index in [9.17, 15) is 4.79 Å². The Morgan fingerprint density at radius 3 is 2.30 bits per heavy atom. The first-order chi connectivity index (χ1) is 9.53. The van der Waals surface area contributed by atoms with Gasteiger partial charge in [0, 0.05) is 0 Å². The quantitative estimate of drug-likeness (QED) is 0.806. The Morgan fingerprint density at radius 2 is 1.85 bits per heavy atom. The normalized spacial score (nSPS) is 15.2. The molecule has 1 aromatic carbocycles. The Bertz CT molecular complexity index is 417. The number of carbonyl (C=O) groups is 1. The second kappa shape index (κ2) is 7.90. The van der Waals surface area contributed by atoms with Crippen LogP contribution in [0.15, 0.2) is 24.3 Å². The van der Waals surface area contributed by atoms with E-state index in [2.05, 4.69) is 5.32 Å². The lowest BCUT2D eigenvalue weighted by Crippen LogP contribution is -2.45. The zero-order valence-corrected chi connectivity index (χ0v) is 12.8. The molecule has 1 aromatic rings. The van der Waals surface area contributed by atoms with E-state index >= 15 is 0 Å². The van der Waals surface area contributed by atoms with Crippen molar-refractivity contribution in [1.29, 1.82) is 0 Å². The number of nitrogens with two attached hydrogens (primary N) is 1. The maximum absolute atomic E-state index is 12.1. The molecule has 3 unspecified atom stereocenters. The van der Waals surface area contributed by atoms with E-state index in [1.54, 1.807) is 7.11 Å². The van der Waals surface area contributed by atoms with Crippen LogP contribution in [0.3, 0.4) is 0 Å². The van der Waals surface area contributed by atoms with Crippen molar-refractivity contribution in [3.8, 4) is 5.75 Å². The molecule has 112 valence electrons. The Labute approximate surface area is 121 Å². The molecule has 0 spiro atoms. The summed E-state index contributed by atoms with van der Waals surface area (Å²) in [4.78, 5) is 12.1. The number of hydrogen-bond donors (Lipinski definition) is 2. The number of methoxy groups -OCH3 is 1. The molecule has 20 heavy (non-hydrogen) atoms. The predicted molar refractivity (Wildman–Crippen MR) is 81.6 cm³/mol. The van der Waals surface area contributed by atoms with Crippen LogP contribution in [0.2, 0.25) is 0 Å². The van der Waals surface area contributed by atoms with Crippen molar-refractivity contribution in [2.24, 2.45) is 11.7 Å². The lowest BCUT2D eigenvalue weighted by Gasteiger charge is -2.23. The summed E-state index contributed by atoms with van der Waals surface area (Å²) in [6.07, 6.45) is 1.72. The standard InChI is InChI=1S/C16H26N2O2/c1-5-11(3)15(17)16(19)18-14(6-2)12-7-9-13(20-4)10-8-12/h7-11,14-15H,5-6,17H2,1-4H3,(H,18,19). The van der Waals surface area contributed by atoms with Crippen LogP contribution < -0.4 is 15.8 Å². The van der Waals surface area contributed by atoms with Crippen LogP contribution in [0.4, 0.5) is 0 Å². The van der Waals surface area contributed by atoms with Crippen molar-refractivity contribution in [2.45, 2.75) is 45.7 Å². The molecule has 4 heteroatoms. The van der Waals surface area contributed by atoms with E-state index in [4.69, 9.17) is 10.5 Å². The molecule has 0 aliphatic rings. The predicted octanol–water partition coefficient (Wildman–Crippen LogP) is 2.64. The number of nitrogens with one attached hydrogen (secondary N) is 1. The van der Waals surface area contributed by atoms with Gasteiger partial charge in [-0.3, -0.25) is 4.79 Å². The minimum Gasteiger partial charge on any atom is -0.497 e. The highest BCUT2D eigenvalue weighted by Gasteiger charge is 2.22. The van der Waals surface area contributed by atoms with Crippen LogP contribution in [0, 0.1) is 5.92 Å². The van der Waals surface area contributed by atoms with E-state index in [0.29, 0.717) is 0 Å². The molecule has 1 rings (SSSR count). The Kier molecular flexibility index (Phi) is 6.52. The molecular weight excluding hydrogens is 252 g/mol. The lowest BCUT2D eigenvalue weighted by atomic mass is 9.98. The molecule has 1 amide bonds. The number of benzene rings is 1. The molecule has 0 aliphatic carbocycles. The highest BCUT2D eigenvalue weighted by atomic mass is 16.5. The van der Waals surface area contributed by atoms with Crippen LogP contribution >= 0.6 is 0 Å². The Balaban J connectivity index is 2.73. The third-order valence-electron chi connectivity index (χ3n) is 3.80. The van der Waals surface area contributed by atoms with Crippen molar-refractivity contribution >= 4 is 5.91 Å². The average Bonchev–Trinajstić information content (AvgIpc) is 2.50. The first kappa shape index (κ1) is 16.5. The number of rotatable bonds is 7. The first-order valence-corrected chi connectivity index (χ1v) is 7.23. The summed E-state index contributed by atoms with van der Waals surface area (Å²) < 4.78 is 5.14. The zero-order chi connectivity index (χ0) is 15.1. The number of hydrogen-bond acceptors (Lipinski definition) is 3. The fourth-order valence-corrected chi connectivity index (χ4v) is 2.04. The van der Waals surface area contributed by atoms with Gasteiger partial charge in [0.1, 0.15) is 5.75 Å². The SMILES string of the molecule is CCC(NC(=O)C(N)C(C)CC)c1ccc(OC)cc1. The van der Waals surface area contributed by atoms with Gasteiger partial charge in [0.25, 0.3) is 0 Å². The molecule has 0 aromatic heterocycles. The molecule has 3 atom stereocenters. The van der Waals surface area contributed by atoms with Crippen LogP contribution in [0.25, 0.3) is 0 Å². The van der Waals surface area contributed by atoms with Gasteiger partial charge in [-0.05, 0) is 30.0 Å². The largest absolute Gasteiger partial charge is 0.497 e. The highest BCUT2D eigenvalue weighted by molar-refractivity contribution is 5.82. The van der Waals surface area contributed by atoms with Gasteiger partial charge in [-0.15, -0.1) is 0 Å². The summed E-state index contributed by atoms with van der Waals surface area (Å²) in [5, 5.41) is 3.03. The topological polar surface area (TPSA) is 64.4 Å². The summed E-state index contributed by atoms with van der Waals surface area (Å²) in [6, 6.07) is 7.29. The van der Waals surface area contributed by atoms with Gasteiger partial charge >= 0.3 is 0 Å². The van der Waals surface area contributed by atoms with Gasteiger partial charge in [-0.25, -0.2) is 0 Å². The number of amides is 1. The lowest BCUT2D eigenvalue weighted by molar-refractivity contribution is -0.124. The molecule has 3 N–H and O–H groups in total. The summed E-state index contributed by atoms with van der Waals surface area (Å²) in [6.45, 7) is 6.08. The van der Waals surface area contributed by atoms with Crippen molar-refractivity contribution in [1.82, 2.24) is 5.32 Å². The molecule has 0 bridgehead atoms. The minimum absolute atomic E-state index is 0.0106. The van der Waals surface area contributed by atoms with E-state index in [-0.39, 0.29) is 17.9 Å². The fourth-order valence-electron chi connectivity index (χ4n) is 2.04. The van der Waals surface area contributed by atoms with Crippen molar-refractivity contribution in [3.05, 3.63) is 29.8 Å². The van der Waals surface area contributed by atoms with Crippen molar-refractivity contribution in [2.75, 3.05) is 7.11 Å². The van der Waals surface area contributed by atoms with E-state index in [0.717, 1.165) is 24.2 Å². The zero-order valence-electron chi connectivity index (χ0n) is 12.8. The van der Waals surface area contributed by atoms with Crippen LogP contribution in [0.1, 0.15) is 45.2 Å². The van der Waals surface area contributed by atoms with Crippen molar-refractivity contribution < 1.29 is 9.53 Å². The third-order valence-corrected chi connectivity index (χ3v) is 3.80. The van der Waals surface area contributed by atoms with Crippen molar-refractivity contribution in [3.63, 3.8) is 0 Å². The number of carbonyl (C=O) groups excluding carboxylic acids is 1. The Morgan fingerprint density at radius 1 is 1.25 bits per heavy atom. The Hall–Kier alpha value is -1.55. The maximum atomic E-state index is 12.1. The first-order valence-electron chi connectivity index (χ1n) is 7.23. The van der Waals surface area contributed by atoms with Gasteiger partial charge in [0.15, 0.2) is 0 Å². The van der Waals surface area contributed by atoms with Gasteiger partial charge in [-0.1, -0.05) is 39.3 Å². The molecular formula is C16H26N2O2. The maximum Gasteiger partial charge on any atom is 0.237 e. The molecule has 0 saturated heterocycles. The molecule has 4 nitrogen and oxygen atoms in total. The van der Waals surface area contributed by atoms with Gasteiger partial charge in [0.05, 0.1) is 19.2 Å². The van der Waals surface area contributed by atoms with Gasteiger partial charge < -0.3 is 15.8 Å². The van der Waals surface area contributed by atoms with E-state index in [1.165, 1.54) is 0 Å². The van der Waals surface area contributed by atoms with Gasteiger partial charge in [-0.2, -0.15) is 0 Å². The summed E-state index contributed by atoms with van der Waals surface area (Å²) in [5.74, 6) is 0.914. The molecule has 0 heterocycles. The third kappa shape index (κ3) is 4.23. The monoisotopic (exact) mass is 278 g/mol. The molecule has 0 fully saturated rings. The van der Waals surface area contributed by atoms with Gasteiger partial charge in [0.2, 0.25) is 5.91 Å². The van der Waals surface area contributed by atoms with Crippen LogP contribution in [0.5, 0.6) is 5.75 Å². The smallest absolute Gasteiger partial charge is 0.237 e. The molecule has 0 saturated carbocycles. The van der Waals surface area contributed by atoms with E-state index < -0.39 is 6.04 Å². The second-order valence-corrected chi connectivity index (χ2v) is 5.15. The van der Waals surface area contributed by atoms with Crippen LogP contribution in [-0.2, 0) is 4.79 Å². The summed E-state index contributed by atoms with van der Waals surface area (Å²) in [7, 11) is 1.64. The summed E-state index contributed by atoms with van der Waals surface area (Å²) >= 11 is 0. The summed E-state index contributed by atoms with van der Waals surface area (Å²) in [5.41, 5.74) is 7.03. The second-order valence-electron chi connectivity index (χ2n) is 5.15. The average molecular weight is 278 g/mol. The minimum atomic E-state index is -0.452. The van der Waals surface area contributed by atoms with Crippen LogP contribution in [-0.4, -0.2) is 19.1 Å². The number of ether oxygens (including phenoxy) is 1. The molecule has 0 aliphatic heterocycles.